The van der Waals surface area contributed by atoms with Crippen molar-refractivity contribution in [2.24, 2.45) is 17.8 Å². The predicted molar refractivity (Wildman–Crippen MR) is 88.5 cm³/mol. The van der Waals surface area contributed by atoms with Crippen LogP contribution in [0.4, 0.5) is 0 Å². The molecule has 2 rings (SSSR count). The maximum Gasteiger partial charge on any atom is 0.334 e. The van der Waals surface area contributed by atoms with E-state index in [1.807, 2.05) is 26.0 Å². The monoisotopic (exact) mass is 318 g/mol. The van der Waals surface area contributed by atoms with E-state index in [0.29, 0.717) is 17.9 Å². The fourth-order valence-electron chi connectivity index (χ4n) is 2.90. The minimum Gasteiger partial charge on any atom is -0.461 e. The lowest BCUT2D eigenvalue weighted by Gasteiger charge is -2.21. The number of fused-ring (bicyclic) bond motifs is 1. The van der Waals surface area contributed by atoms with Crippen molar-refractivity contribution in [2.45, 2.75) is 46.1 Å². The van der Waals surface area contributed by atoms with Crippen LogP contribution in [0.2, 0.25) is 0 Å². The zero-order valence-corrected chi connectivity index (χ0v) is 14.2. The van der Waals surface area contributed by atoms with E-state index in [1.54, 1.807) is 0 Å². The SMILES string of the molecule is C=C1C(=O)O[C@@H]2C/C(COC(=O)C(C)C)=C\C=C/C(C)CC[C@@H]12. The van der Waals surface area contributed by atoms with Crippen LogP contribution in [0.5, 0.6) is 0 Å². The molecule has 0 N–H and O–H groups in total. The van der Waals surface area contributed by atoms with Crippen LogP contribution in [0.25, 0.3) is 0 Å². The largest absolute Gasteiger partial charge is 0.461 e. The van der Waals surface area contributed by atoms with Crippen molar-refractivity contribution >= 4 is 11.9 Å². The van der Waals surface area contributed by atoms with Crippen molar-refractivity contribution in [1.82, 2.24) is 0 Å². The van der Waals surface area contributed by atoms with Gasteiger partial charge in [0.25, 0.3) is 0 Å². The third-order valence-corrected chi connectivity index (χ3v) is 4.46. The molecular formula is C19H26O4. The van der Waals surface area contributed by atoms with Crippen LogP contribution < -0.4 is 0 Å². The van der Waals surface area contributed by atoms with Gasteiger partial charge in [0.2, 0.25) is 0 Å². The van der Waals surface area contributed by atoms with Crippen LogP contribution in [0.15, 0.2) is 36.0 Å². The highest BCUT2D eigenvalue weighted by molar-refractivity contribution is 5.90. The summed E-state index contributed by atoms with van der Waals surface area (Å²) in [7, 11) is 0. The first-order valence-electron chi connectivity index (χ1n) is 8.31. The molecule has 0 aromatic heterocycles. The van der Waals surface area contributed by atoms with E-state index in [9.17, 15) is 9.59 Å². The van der Waals surface area contributed by atoms with Crippen LogP contribution in [-0.2, 0) is 19.1 Å². The third-order valence-electron chi connectivity index (χ3n) is 4.46. The van der Waals surface area contributed by atoms with E-state index < -0.39 is 0 Å². The fraction of sp³-hybridized carbons (Fsp3) is 0.579. The quantitative estimate of drug-likeness (QED) is 0.589. The summed E-state index contributed by atoms with van der Waals surface area (Å²) in [6.07, 6.45) is 8.40. The van der Waals surface area contributed by atoms with Gasteiger partial charge in [0.05, 0.1) is 5.92 Å². The normalized spacial score (nSPS) is 31.8. The molecule has 1 fully saturated rings. The number of esters is 2. The molecule has 4 heteroatoms. The summed E-state index contributed by atoms with van der Waals surface area (Å²) >= 11 is 0. The Kier molecular flexibility index (Phi) is 5.80. The second kappa shape index (κ2) is 7.62. The molecule has 0 aromatic carbocycles. The Labute approximate surface area is 138 Å². The van der Waals surface area contributed by atoms with Crippen molar-refractivity contribution in [1.29, 1.82) is 0 Å². The molecule has 23 heavy (non-hydrogen) atoms. The highest BCUT2D eigenvalue weighted by Crippen LogP contribution is 2.35. The fourth-order valence-corrected chi connectivity index (χ4v) is 2.90. The average molecular weight is 318 g/mol. The van der Waals surface area contributed by atoms with Gasteiger partial charge in [-0.15, -0.1) is 0 Å². The van der Waals surface area contributed by atoms with Crippen molar-refractivity contribution in [2.75, 3.05) is 6.61 Å². The molecule has 0 saturated carbocycles. The number of carbonyl (C=O) groups excluding carboxylic acids is 2. The number of ether oxygens (including phenoxy) is 2. The van der Waals surface area contributed by atoms with Crippen molar-refractivity contribution in [3.05, 3.63) is 36.0 Å². The molecule has 0 aromatic rings. The lowest BCUT2D eigenvalue weighted by molar-refractivity contribution is -0.146. The molecule has 0 spiro atoms. The Morgan fingerprint density at radius 1 is 1.43 bits per heavy atom. The summed E-state index contributed by atoms with van der Waals surface area (Å²) < 4.78 is 10.8. The van der Waals surface area contributed by atoms with Gasteiger partial charge in [-0.3, -0.25) is 4.79 Å². The van der Waals surface area contributed by atoms with Crippen LogP contribution in [-0.4, -0.2) is 24.6 Å². The van der Waals surface area contributed by atoms with Gasteiger partial charge in [-0.05, 0) is 24.3 Å². The first-order valence-corrected chi connectivity index (χ1v) is 8.31. The number of allylic oxidation sites excluding steroid dienone is 3. The number of hydrogen-bond acceptors (Lipinski definition) is 4. The molecule has 1 aliphatic carbocycles. The van der Waals surface area contributed by atoms with Gasteiger partial charge in [-0.25, -0.2) is 4.79 Å². The minimum atomic E-state index is -0.293. The Hall–Kier alpha value is -1.84. The van der Waals surface area contributed by atoms with Gasteiger partial charge in [0, 0.05) is 17.9 Å². The summed E-state index contributed by atoms with van der Waals surface area (Å²) in [4.78, 5) is 23.5. The second-order valence-corrected chi connectivity index (χ2v) is 6.81. The Balaban J connectivity index is 2.13. The van der Waals surface area contributed by atoms with E-state index in [0.717, 1.165) is 18.4 Å². The second-order valence-electron chi connectivity index (χ2n) is 6.81. The van der Waals surface area contributed by atoms with E-state index >= 15 is 0 Å². The van der Waals surface area contributed by atoms with E-state index in [-0.39, 0.29) is 36.5 Å². The van der Waals surface area contributed by atoms with Gasteiger partial charge >= 0.3 is 11.9 Å². The molecule has 0 radical (unpaired) electrons. The maximum absolute atomic E-state index is 11.8. The molecule has 3 atom stereocenters. The first kappa shape index (κ1) is 17.5. The van der Waals surface area contributed by atoms with Gasteiger partial charge in [-0.2, -0.15) is 0 Å². The zero-order valence-electron chi connectivity index (χ0n) is 14.2. The molecule has 2 aliphatic rings. The van der Waals surface area contributed by atoms with Gasteiger partial charge in [0.1, 0.15) is 12.7 Å². The van der Waals surface area contributed by atoms with Crippen molar-refractivity contribution in [3.8, 4) is 0 Å². The predicted octanol–water partition coefficient (Wildman–Crippen LogP) is 3.59. The molecule has 1 saturated heterocycles. The molecule has 0 amide bonds. The third kappa shape index (κ3) is 4.57. The molecule has 1 aliphatic heterocycles. The Morgan fingerprint density at radius 3 is 2.87 bits per heavy atom. The van der Waals surface area contributed by atoms with E-state index in [2.05, 4.69) is 19.6 Å². The van der Waals surface area contributed by atoms with Gasteiger partial charge in [-0.1, -0.05) is 45.6 Å². The van der Waals surface area contributed by atoms with E-state index in [1.165, 1.54) is 0 Å². The van der Waals surface area contributed by atoms with Crippen LogP contribution in [0.1, 0.15) is 40.0 Å². The lowest BCUT2D eigenvalue weighted by atomic mass is 9.85. The first-order chi connectivity index (χ1) is 10.9. The zero-order chi connectivity index (χ0) is 17.0. The van der Waals surface area contributed by atoms with Crippen LogP contribution >= 0.6 is 0 Å². The smallest absolute Gasteiger partial charge is 0.334 e. The number of rotatable bonds is 3. The maximum atomic E-state index is 11.8. The number of hydrogen-bond donors (Lipinski definition) is 0. The summed E-state index contributed by atoms with van der Waals surface area (Å²) in [5.41, 5.74) is 1.53. The molecule has 1 unspecified atom stereocenters. The number of carbonyl (C=O) groups is 2. The van der Waals surface area contributed by atoms with Crippen LogP contribution in [0, 0.1) is 17.8 Å². The summed E-state index contributed by atoms with van der Waals surface area (Å²) in [5.74, 6) is -0.181. The summed E-state index contributed by atoms with van der Waals surface area (Å²) in [6, 6.07) is 0. The highest BCUT2D eigenvalue weighted by atomic mass is 16.6. The standard InChI is InChI=1S/C19H26O4/c1-12(2)18(20)22-11-15-7-5-6-13(3)8-9-16-14(4)19(21)23-17(16)10-15/h5-7,12-13,16-17H,4,8-11H2,1-3H3/b6-5-,15-7+/t13?,16-,17+/m0/s1. The summed E-state index contributed by atoms with van der Waals surface area (Å²) in [6.45, 7) is 9.91. The molecule has 126 valence electrons. The summed E-state index contributed by atoms with van der Waals surface area (Å²) in [5, 5.41) is 0. The molecule has 4 nitrogen and oxygen atoms in total. The van der Waals surface area contributed by atoms with Gasteiger partial charge < -0.3 is 9.47 Å². The Bertz CT molecular complexity index is 542. The van der Waals surface area contributed by atoms with Crippen LogP contribution in [0.3, 0.4) is 0 Å². The topological polar surface area (TPSA) is 52.6 Å². The van der Waals surface area contributed by atoms with E-state index in [4.69, 9.17) is 9.47 Å². The molecule has 0 bridgehead atoms. The molecular weight excluding hydrogens is 292 g/mol. The highest BCUT2D eigenvalue weighted by Gasteiger charge is 2.38. The van der Waals surface area contributed by atoms with Crippen molar-refractivity contribution < 1.29 is 19.1 Å². The average Bonchev–Trinajstić information content (AvgIpc) is 2.76. The van der Waals surface area contributed by atoms with Gasteiger partial charge in [0.15, 0.2) is 0 Å². The van der Waals surface area contributed by atoms with Crippen molar-refractivity contribution in [3.63, 3.8) is 0 Å². The Morgan fingerprint density at radius 2 is 2.17 bits per heavy atom. The minimum absolute atomic E-state index is 0.0562. The molecule has 1 heterocycles. The lowest BCUT2D eigenvalue weighted by Crippen LogP contribution is -2.21.